The molecule has 29 heavy (non-hydrogen) atoms. The average Bonchev–Trinajstić information content (AvgIpc) is 2.98. The molecular formula is C21H29N5O3. The van der Waals surface area contributed by atoms with E-state index in [-0.39, 0.29) is 18.4 Å². The highest BCUT2D eigenvalue weighted by Gasteiger charge is 2.15. The van der Waals surface area contributed by atoms with Gasteiger partial charge in [0, 0.05) is 43.7 Å². The summed E-state index contributed by atoms with van der Waals surface area (Å²) in [6.45, 7) is 3.66. The van der Waals surface area contributed by atoms with E-state index >= 15 is 0 Å². The van der Waals surface area contributed by atoms with Crippen molar-refractivity contribution in [2.45, 2.75) is 58.3 Å². The van der Waals surface area contributed by atoms with Gasteiger partial charge in [-0.3, -0.25) is 4.79 Å². The first-order valence-corrected chi connectivity index (χ1v) is 10.4. The normalized spacial score (nSPS) is 14.3. The van der Waals surface area contributed by atoms with Crippen molar-refractivity contribution in [2.75, 3.05) is 23.7 Å². The summed E-state index contributed by atoms with van der Waals surface area (Å²) < 4.78 is 5.14. The van der Waals surface area contributed by atoms with Gasteiger partial charge < -0.3 is 20.1 Å². The van der Waals surface area contributed by atoms with Crippen molar-refractivity contribution in [1.82, 2.24) is 15.0 Å². The molecule has 2 N–H and O–H groups in total. The zero-order valence-electron chi connectivity index (χ0n) is 16.9. The molecule has 8 nitrogen and oxygen atoms in total. The molecule has 1 aliphatic heterocycles. The first kappa shape index (κ1) is 20.8. The fourth-order valence-corrected chi connectivity index (χ4v) is 3.27. The number of aromatic nitrogens is 2. The molecule has 0 aliphatic carbocycles. The van der Waals surface area contributed by atoms with Crippen molar-refractivity contribution in [3.8, 4) is 0 Å². The van der Waals surface area contributed by atoms with E-state index < -0.39 is 0 Å². The number of hydrogen-bond donors (Lipinski definition) is 2. The minimum atomic E-state index is -0.124. The van der Waals surface area contributed by atoms with Gasteiger partial charge in [-0.2, -0.15) is 4.98 Å². The summed E-state index contributed by atoms with van der Waals surface area (Å²) in [6, 6.07) is 7.08. The molecule has 2 heterocycles. The van der Waals surface area contributed by atoms with E-state index in [0.29, 0.717) is 29.5 Å². The SMILES string of the molecule is CCCc1noc(CCC(=O)Nc2ccc(NC(=O)N3CCCCCC3)cc2)n1. The molecule has 0 unspecified atom stereocenters. The monoisotopic (exact) mass is 399 g/mol. The Balaban J connectivity index is 1.44. The predicted octanol–water partition coefficient (Wildman–Crippen LogP) is 4.00. The van der Waals surface area contributed by atoms with E-state index in [1.165, 1.54) is 12.8 Å². The molecule has 3 amide bonds. The predicted molar refractivity (Wildman–Crippen MR) is 111 cm³/mol. The molecule has 3 rings (SSSR count). The Morgan fingerprint density at radius 1 is 1.00 bits per heavy atom. The van der Waals surface area contributed by atoms with Crippen molar-refractivity contribution in [2.24, 2.45) is 0 Å². The second-order valence-electron chi connectivity index (χ2n) is 7.31. The highest BCUT2D eigenvalue weighted by molar-refractivity contribution is 5.92. The fraction of sp³-hybridized carbons (Fsp3) is 0.524. The Bertz CT molecular complexity index is 795. The average molecular weight is 399 g/mol. The van der Waals surface area contributed by atoms with Crippen LogP contribution in [-0.4, -0.2) is 40.1 Å². The summed E-state index contributed by atoms with van der Waals surface area (Å²) in [5.41, 5.74) is 1.39. The molecule has 1 aliphatic rings. The molecule has 0 bridgehead atoms. The molecular weight excluding hydrogens is 370 g/mol. The summed E-state index contributed by atoms with van der Waals surface area (Å²) in [5, 5.41) is 9.65. The minimum absolute atomic E-state index is 0.0642. The quantitative estimate of drug-likeness (QED) is 0.733. The lowest BCUT2D eigenvalue weighted by Gasteiger charge is -2.20. The largest absolute Gasteiger partial charge is 0.339 e. The van der Waals surface area contributed by atoms with Crippen molar-refractivity contribution in [1.29, 1.82) is 0 Å². The van der Waals surface area contributed by atoms with Crippen LogP contribution >= 0.6 is 0 Å². The molecule has 1 aromatic carbocycles. The number of carbonyl (C=O) groups is 2. The van der Waals surface area contributed by atoms with Gasteiger partial charge in [-0.25, -0.2) is 4.79 Å². The van der Waals surface area contributed by atoms with Gasteiger partial charge in [0.05, 0.1) is 0 Å². The van der Waals surface area contributed by atoms with Crippen LogP contribution in [0.3, 0.4) is 0 Å². The molecule has 0 saturated carbocycles. The molecule has 156 valence electrons. The Hall–Kier alpha value is -2.90. The summed E-state index contributed by atoms with van der Waals surface area (Å²) in [5.74, 6) is 1.04. The Labute approximate surface area is 171 Å². The lowest BCUT2D eigenvalue weighted by atomic mass is 10.2. The third kappa shape index (κ3) is 6.58. The zero-order valence-corrected chi connectivity index (χ0v) is 16.9. The highest BCUT2D eigenvalue weighted by atomic mass is 16.5. The van der Waals surface area contributed by atoms with Crippen LogP contribution < -0.4 is 10.6 Å². The first-order chi connectivity index (χ1) is 14.1. The van der Waals surface area contributed by atoms with Crippen LogP contribution in [0, 0.1) is 0 Å². The summed E-state index contributed by atoms with van der Waals surface area (Å²) >= 11 is 0. The Kier molecular flexibility index (Phi) is 7.61. The first-order valence-electron chi connectivity index (χ1n) is 10.4. The van der Waals surface area contributed by atoms with Crippen molar-refractivity contribution in [3.05, 3.63) is 36.0 Å². The van der Waals surface area contributed by atoms with Gasteiger partial charge in [-0.05, 0) is 43.5 Å². The minimum Gasteiger partial charge on any atom is -0.339 e. The summed E-state index contributed by atoms with van der Waals surface area (Å²) in [6.07, 6.45) is 6.89. The number of amides is 3. The molecule has 0 radical (unpaired) electrons. The van der Waals surface area contributed by atoms with Gasteiger partial charge in [0.2, 0.25) is 11.8 Å². The van der Waals surface area contributed by atoms with Crippen molar-refractivity contribution < 1.29 is 14.1 Å². The molecule has 1 saturated heterocycles. The maximum absolute atomic E-state index is 12.4. The number of likely N-dealkylation sites (tertiary alicyclic amines) is 1. The highest BCUT2D eigenvalue weighted by Crippen LogP contribution is 2.16. The maximum atomic E-state index is 12.4. The second kappa shape index (κ2) is 10.6. The van der Waals surface area contributed by atoms with E-state index in [1.54, 1.807) is 24.3 Å². The van der Waals surface area contributed by atoms with Crippen LogP contribution in [-0.2, 0) is 17.6 Å². The van der Waals surface area contributed by atoms with Crippen molar-refractivity contribution in [3.63, 3.8) is 0 Å². The number of carbonyl (C=O) groups excluding carboxylic acids is 2. The topological polar surface area (TPSA) is 100 Å². The third-order valence-corrected chi connectivity index (χ3v) is 4.86. The van der Waals surface area contributed by atoms with Crippen LogP contribution in [0.1, 0.15) is 57.2 Å². The van der Waals surface area contributed by atoms with Gasteiger partial charge in [0.25, 0.3) is 0 Å². The van der Waals surface area contributed by atoms with Crippen LogP contribution in [0.2, 0.25) is 0 Å². The number of rotatable bonds is 7. The van der Waals surface area contributed by atoms with E-state index in [9.17, 15) is 9.59 Å². The molecule has 0 atom stereocenters. The lowest BCUT2D eigenvalue weighted by molar-refractivity contribution is -0.116. The van der Waals surface area contributed by atoms with Gasteiger partial charge in [-0.1, -0.05) is 24.9 Å². The van der Waals surface area contributed by atoms with E-state index in [1.807, 2.05) is 4.90 Å². The number of aryl methyl sites for hydroxylation is 2. The van der Waals surface area contributed by atoms with E-state index in [0.717, 1.165) is 38.8 Å². The molecule has 0 spiro atoms. The van der Waals surface area contributed by atoms with Crippen LogP contribution in [0.25, 0.3) is 0 Å². The number of urea groups is 1. The Morgan fingerprint density at radius 3 is 2.31 bits per heavy atom. The van der Waals surface area contributed by atoms with E-state index in [4.69, 9.17) is 4.52 Å². The molecule has 2 aromatic rings. The summed E-state index contributed by atoms with van der Waals surface area (Å²) in [7, 11) is 0. The number of nitrogens with zero attached hydrogens (tertiary/aromatic N) is 3. The Morgan fingerprint density at radius 2 is 1.66 bits per heavy atom. The van der Waals surface area contributed by atoms with Gasteiger partial charge in [-0.15, -0.1) is 0 Å². The fourth-order valence-electron chi connectivity index (χ4n) is 3.27. The van der Waals surface area contributed by atoms with Crippen LogP contribution in [0.5, 0.6) is 0 Å². The number of anilines is 2. The van der Waals surface area contributed by atoms with Gasteiger partial charge in [0.15, 0.2) is 5.82 Å². The van der Waals surface area contributed by atoms with Crippen LogP contribution in [0.15, 0.2) is 28.8 Å². The maximum Gasteiger partial charge on any atom is 0.321 e. The van der Waals surface area contributed by atoms with Gasteiger partial charge >= 0.3 is 6.03 Å². The number of hydrogen-bond acceptors (Lipinski definition) is 5. The molecule has 1 fully saturated rings. The summed E-state index contributed by atoms with van der Waals surface area (Å²) in [4.78, 5) is 30.6. The van der Waals surface area contributed by atoms with Gasteiger partial charge in [0.1, 0.15) is 0 Å². The number of nitrogens with one attached hydrogen (secondary N) is 2. The smallest absolute Gasteiger partial charge is 0.321 e. The second-order valence-corrected chi connectivity index (χ2v) is 7.31. The van der Waals surface area contributed by atoms with Crippen molar-refractivity contribution >= 4 is 23.3 Å². The zero-order chi connectivity index (χ0) is 20.5. The third-order valence-electron chi connectivity index (χ3n) is 4.86. The van der Waals surface area contributed by atoms with Crippen LogP contribution in [0.4, 0.5) is 16.2 Å². The molecule has 1 aromatic heterocycles. The standard InChI is InChI=1S/C21H29N5O3/c1-2-7-18-24-20(29-25-18)13-12-19(27)22-16-8-10-17(11-9-16)23-21(28)26-14-5-3-4-6-15-26/h8-11H,2-7,12-15H2,1H3,(H,22,27)(H,23,28). The van der Waals surface area contributed by atoms with E-state index in [2.05, 4.69) is 27.7 Å². The lowest BCUT2D eigenvalue weighted by Crippen LogP contribution is -2.35. The molecule has 8 heteroatoms. The number of benzene rings is 1.